The van der Waals surface area contributed by atoms with Crippen molar-refractivity contribution in [3.05, 3.63) is 0 Å². The Morgan fingerprint density at radius 2 is 2.12 bits per heavy atom. The van der Waals surface area contributed by atoms with Gasteiger partial charge >= 0.3 is 0 Å². The largest absolute Gasteiger partial charge is 0.377 e. The Labute approximate surface area is 104 Å². The molecular formula is C13H25NOS. The second-order valence-corrected chi connectivity index (χ2v) is 6.86. The minimum atomic E-state index is 0.394. The molecule has 94 valence electrons. The van der Waals surface area contributed by atoms with Crippen molar-refractivity contribution in [3.8, 4) is 0 Å². The fourth-order valence-corrected chi connectivity index (χ4v) is 4.67. The van der Waals surface area contributed by atoms with Crippen LogP contribution in [0.25, 0.3) is 0 Å². The van der Waals surface area contributed by atoms with Crippen molar-refractivity contribution < 1.29 is 4.74 Å². The number of ether oxygens (including phenoxy) is 1. The van der Waals surface area contributed by atoms with Crippen LogP contribution < -0.4 is 5.73 Å². The van der Waals surface area contributed by atoms with E-state index >= 15 is 0 Å². The summed E-state index contributed by atoms with van der Waals surface area (Å²) >= 11 is 2.06. The predicted octanol–water partition coefficient (Wildman–Crippen LogP) is 2.66. The van der Waals surface area contributed by atoms with Gasteiger partial charge in [0.2, 0.25) is 0 Å². The summed E-state index contributed by atoms with van der Waals surface area (Å²) in [4.78, 5) is 0. The number of rotatable bonds is 3. The molecule has 1 saturated carbocycles. The van der Waals surface area contributed by atoms with Crippen molar-refractivity contribution in [2.45, 2.75) is 56.9 Å². The molecule has 1 heterocycles. The maximum atomic E-state index is 6.28. The van der Waals surface area contributed by atoms with E-state index in [4.69, 9.17) is 10.5 Å². The Morgan fingerprint density at radius 3 is 2.75 bits per heavy atom. The van der Waals surface area contributed by atoms with Gasteiger partial charge in [-0.15, -0.1) is 0 Å². The first kappa shape index (κ1) is 12.7. The smallest absolute Gasteiger partial charge is 0.0666 e. The van der Waals surface area contributed by atoms with Gasteiger partial charge in [0, 0.05) is 23.7 Å². The van der Waals surface area contributed by atoms with Gasteiger partial charge in [-0.2, -0.15) is 11.8 Å². The Morgan fingerprint density at radius 1 is 1.31 bits per heavy atom. The summed E-state index contributed by atoms with van der Waals surface area (Å²) in [5.41, 5.74) is 6.28. The third-order valence-electron chi connectivity index (χ3n) is 3.93. The van der Waals surface area contributed by atoms with Crippen LogP contribution in [-0.4, -0.2) is 29.8 Å². The monoisotopic (exact) mass is 243 g/mol. The summed E-state index contributed by atoms with van der Waals surface area (Å²) in [5.74, 6) is 2.73. The van der Waals surface area contributed by atoms with Gasteiger partial charge in [-0.05, 0) is 37.5 Å². The molecule has 5 atom stereocenters. The average molecular weight is 243 g/mol. The Bertz CT molecular complexity index is 206. The Hall–Kier alpha value is 0.270. The Kier molecular flexibility index (Phi) is 4.57. The van der Waals surface area contributed by atoms with Crippen LogP contribution in [0.3, 0.4) is 0 Å². The first-order chi connectivity index (χ1) is 7.66. The summed E-state index contributed by atoms with van der Waals surface area (Å²) in [5, 5.41) is 0.653. The van der Waals surface area contributed by atoms with E-state index in [1.54, 1.807) is 0 Å². The van der Waals surface area contributed by atoms with Crippen LogP contribution in [-0.2, 0) is 4.74 Å². The molecule has 1 aliphatic carbocycles. The summed E-state index contributed by atoms with van der Waals surface area (Å²) in [6.07, 6.45) is 5.54. The molecular weight excluding hydrogens is 218 g/mol. The van der Waals surface area contributed by atoms with E-state index in [9.17, 15) is 0 Å². The SMILES string of the molecule is CC1CC(C)C(SCC2CCCO2)C(N)C1. The van der Waals surface area contributed by atoms with Gasteiger partial charge in [-0.25, -0.2) is 0 Å². The predicted molar refractivity (Wildman–Crippen MR) is 70.8 cm³/mol. The molecule has 0 aromatic carbocycles. The van der Waals surface area contributed by atoms with Crippen molar-refractivity contribution in [3.63, 3.8) is 0 Å². The van der Waals surface area contributed by atoms with E-state index in [0.29, 0.717) is 17.4 Å². The molecule has 1 aliphatic heterocycles. The molecule has 3 heteroatoms. The fourth-order valence-electron chi connectivity index (χ4n) is 3.17. The maximum Gasteiger partial charge on any atom is 0.0666 e. The number of hydrogen-bond donors (Lipinski definition) is 1. The lowest BCUT2D eigenvalue weighted by atomic mass is 9.80. The van der Waals surface area contributed by atoms with E-state index in [1.165, 1.54) is 25.7 Å². The van der Waals surface area contributed by atoms with Gasteiger partial charge < -0.3 is 10.5 Å². The third kappa shape index (κ3) is 3.14. The second-order valence-electron chi connectivity index (χ2n) is 5.65. The zero-order chi connectivity index (χ0) is 11.5. The Balaban J connectivity index is 1.78. The minimum Gasteiger partial charge on any atom is -0.377 e. The second kappa shape index (κ2) is 5.74. The molecule has 0 aromatic heterocycles. The fraction of sp³-hybridized carbons (Fsp3) is 1.00. The first-order valence-electron chi connectivity index (χ1n) is 6.65. The van der Waals surface area contributed by atoms with Gasteiger partial charge in [-0.1, -0.05) is 13.8 Å². The molecule has 16 heavy (non-hydrogen) atoms. The minimum absolute atomic E-state index is 0.394. The van der Waals surface area contributed by atoms with E-state index in [0.717, 1.165) is 24.2 Å². The molecule has 2 aliphatic rings. The summed E-state index contributed by atoms with van der Waals surface area (Å²) < 4.78 is 5.67. The zero-order valence-electron chi connectivity index (χ0n) is 10.5. The van der Waals surface area contributed by atoms with E-state index in [2.05, 4.69) is 25.6 Å². The summed E-state index contributed by atoms with van der Waals surface area (Å²) in [7, 11) is 0. The van der Waals surface area contributed by atoms with Crippen LogP contribution >= 0.6 is 11.8 Å². The maximum absolute atomic E-state index is 6.28. The average Bonchev–Trinajstić information content (AvgIpc) is 2.68. The lowest BCUT2D eigenvalue weighted by Gasteiger charge is -2.37. The van der Waals surface area contributed by atoms with E-state index in [-0.39, 0.29) is 0 Å². The van der Waals surface area contributed by atoms with Crippen molar-refractivity contribution in [2.75, 3.05) is 12.4 Å². The number of hydrogen-bond acceptors (Lipinski definition) is 3. The van der Waals surface area contributed by atoms with Crippen LogP contribution in [0, 0.1) is 11.8 Å². The van der Waals surface area contributed by atoms with Crippen LogP contribution in [0.4, 0.5) is 0 Å². The topological polar surface area (TPSA) is 35.2 Å². The molecule has 2 nitrogen and oxygen atoms in total. The summed E-state index contributed by atoms with van der Waals surface area (Å²) in [6, 6.07) is 0.394. The summed E-state index contributed by atoms with van der Waals surface area (Å²) in [6.45, 7) is 5.66. The molecule has 5 unspecified atom stereocenters. The molecule has 2 fully saturated rings. The zero-order valence-corrected chi connectivity index (χ0v) is 11.3. The quantitative estimate of drug-likeness (QED) is 0.827. The first-order valence-corrected chi connectivity index (χ1v) is 7.70. The molecule has 1 saturated heterocycles. The highest BCUT2D eigenvalue weighted by atomic mass is 32.2. The van der Waals surface area contributed by atoms with E-state index in [1.807, 2.05) is 0 Å². The van der Waals surface area contributed by atoms with Crippen LogP contribution in [0.1, 0.15) is 39.5 Å². The van der Waals surface area contributed by atoms with Crippen molar-refractivity contribution in [1.82, 2.24) is 0 Å². The highest BCUT2D eigenvalue weighted by Gasteiger charge is 2.32. The lowest BCUT2D eigenvalue weighted by molar-refractivity contribution is 0.128. The third-order valence-corrected chi connectivity index (χ3v) is 5.69. The molecule has 2 rings (SSSR count). The number of thioether (sulfide) groups is 1. The standard InChI is InChI=1S/C13H25NOS/c1-9-6-10(2)13(12(14)7-9)16-8-11-4-3-5-15-11/h9-13H,3-8,14H2,1-2H3. The normalized spacial score (nSPS) is 44.8. The van der Waals surface area contributed by atoms with E-state index < -0.39 is 0 Å². The van der Waals surface area contributed by atoms with Gasteiger partial charge in [0.15, 0.2) is 0 Å². The highest BCUT2D eigenvalue weighted by Crippen LogP contribution is 2.36. The molecule has 2 N–H and O–H groups in total. The molecule has 0 bridgehead atoms. The van der Waals surface area contributed by atoms with Crippen molar-refractivity contribution in [2.24, 2.45) is 17.6 Å². The molecule has 0 aromatic rings. The van der Waals surface area contributed by atoms with Crippen molar-refractivity contribution >= 4 is 11.8 Å². The van der Waals surface area contributed by atoms with Gasteiger partial charge in [0.25, 0.3) is 0 Å². The van der Waals surface area contributed by atoms with Gasteiger partial charge in [-0.3, -0.25) is 0 Å². The van der Waals surface area contributed by atoms with Crippen LogP contribution in [0.2, 0.25) is 0 Å². The van der Waals surface area contributed by atoms with Crippen LogP contribution in [0.15, 0.2) is 0 Å². The van der Waals surface area contributed by atoms with Crippen molar-refractivity contribution in [1.29, 1.82) is 0 Å². The van der Waals surface area contributed by atoms with Gasteiger partial charge in [0.05, 0.1) is 6.10 Å². The lowest BCUT2D eigenvalue weighted by Crippen LogP contribution is -2.43. The highest BCUT2D eigenvalue weighted by molar-refractivity contribution is 8.00. The molecule has 0 amide bonds. The molecule has 0 radical (unpaired) electrons. The molecule has 0 spiro atoms. The number of nitrogens with two attached hydrogens (primary N) is 1. The van der Waals surface area contributed by atoms with Crippen LogP contribution in [0.5, 0.6) is 0 Å². The van der Waals surface area contributed by atoms with Gasteiger partial charge in [0.1, 0.15) is 0 Å².